The van der Waals surface area contributed by atoms with Gasteiger partial charge in [0, 0.05) is 17.8 Å². The first kappa shape index (κ1) is 22.1. The standard InChI is InChI=1S/C24H28N4O3/c1-14-5-6-20(29)15(2)22(14)18-11-17(12-19(23(18)25)24(26)30)16-7-9-28-21(13-16)31-10-4-8-27-3/h5-7,9,11-13,27,29H,4,8,10,25H2,1-3H3,(H2,26,30). The Bertz CT molecular complexity index is 1110. The molecule has 31 heavy (non-hydrogen) atoms. The van der Waals surface area contributed by atoms with Crippen molar-refractivity contribution in [1.29, 1.82) is 0 Å². The Balaban J connectivity index is 2.11. The number of hydrogen-bond acceptors (Lipinski definition) is 6. The lowest BCUT2D eigenvalue weighted by Gasteiger charge is -2.17. The van der Waals surface area contributed by atoms with Crippen LogP contribution in [0.2, 0.25) is 0 Å². The predicted molar refractivity (Wildman–Crippen MR) is 123 cm³/mol. The zero-order valence-corrected chi connectivity index (χ0v) is 18.0. The summed E-state index contributed by atoms with van der Waals surface area (Å²) in [6.45, 7) is 5.14. The van der Waals surface area contributed by atoms with Crippen LogP contribution < -0.4 is 21.5 Å². The van der Waals surface area contributed by atoms with Crippen molar-refractivity contribution in [3.05, 3.63) is 59.3 Å². The summed E-state index contributed by atoms with van der Waals surface area (Å²) < 4.78 is 5.74. The zero-order chi connectivity index (χ0) is 22.5. The normalized spacial score (nSPS) is 10.8. The second-order valence-corrected chi connectivity index (χ2v) is 7.44. The molecule has 6 N–H and O–H groups in total. The number of carbonyl (C=O) groups is 1. The highest BCUT2D eigenvalue weighted by molar-refractivity contribution is 6.04. The maximum Gasteiger partial charge on any atom is 0.250 e. The molecule has 0 spiro atoms. The number of anilines is 1. The monoisotopic (exact) mass is 420 g/mol. The molecule has 0 unspecified atom stereocenters. The lowest BCUT2D eigenvalue weighted by atomic mass is 9.89. The number of benzene rings is 2. The smallest absolute Gasteiger partial charge is 0.250 e. The van der Waals surface area contributed by atoms with Gasteiger partial charge in [-0.15, -0.1) is 0 Å². The molecule has 0 radical (unpaired) electrons. The Hall–Kier alpha value is -3.58. The van der Waals surface area contributed by atoms with E-state index >= 15 is 0 Å². The summed E-state index contributed by atoms with van der Waals surface area (Å²) in [5.74, 6) is 0.0400. The third-order valence-corrected chi connectivity index (χ3v) is 5.25. The highest BCUT2D eigenvalue weighted by Gasteiger charge is 2.19. The van der Waals surface area contributed by atoms with Gasteiger partial charge in [-0.05, 0) is 85.9 Å². The lowest BCUT2D eigenvalue weighted by molar-refractivity contribution is 0.100. The Labute approximate surface area is 182 Å². The van der Waals surface area contributed by atoms with Gasteiger partial charge in [0.15, 0.2) is 0 Å². The maximum absolute atomic E-state index is 12.1. The summed E-state index contributed by atoms with van der Waals surface area (Å²) in [6, 6.07) is 10.7. The first-order chi connectivity index (χ1) is 14.8. The van der Waals surface area contributed by atoms with Gasteiger partial charge in [-0.25, -0.2) is 4.98 Å². The average Bonchev–Trinajstić information content (AvgIpc) is 2.75. The molecule has 0 saturated heterocycles. The second kappa shape index (κ2) is 9.49. The SMILES string of the molecule is CNCCCOc1cc(-c2cc(C(N)=O)c(N)c(-c3c(C)ccc(O)c3C)c2)ccn1. The van der Waals surface area contributed by atoms with E-state index in [1.165, 1.54) is 0 Å². The molecule has 0 fully saturated rings. The minimum Gasteiger partial charge on any atom is -0.508 e. The van der Waals surface area contributed by atoms with Crippen molar-refractivity contribution in [2.45, 2.75) is 20.3 Å². The van der Waals surface area contributed by atoms with Gasteiger partial charge < -0.3 is 26.6 Å². The van der Waals surface area contributed by atoms with Gasteiger partial charge in [-0.1, -0.05) is 6.07 Å². The number of hydrogen-bond donors (Lipinski definition) is 4. The maximum atomic E-state index is 12.1. The quantitative estimate of drug-likeness (QED) is 0.327. The van der Waals surface area contributed by atoms with Crippen molar-refractivity contribution in [2.24, 2.45) is 5.73 Å². The first-order valence-corrected chi connectivity index (χ1v) is 10.1. The molecule has 1 heterocycles. The fraction of sp³-hybridized carbons (Fsp3) is 0.250. The molecular formula is C24H28N4O3. The van der Waals surface area contributed by atoms with E-state index in [0.717, 1.165) is 35.2 Å². The number of pyridine rings is 1. The summed E-state index contributed by atoms with van der Waals surface area (Å²) in [5.41, 5.74) is 17.1. The van der Waals surface area contributed by atoms with Gasteiger partial charge >= 0.3 is 0 Å². The van der Waals surface area contributed by atoms with E-state index in [2.05, 4.69) is 10.3 Å². The summed E-state index contributed by atoms with van der Waals surface area (Å²) in [4.78, 5) is 16.4. The molecule has 0 aliphatic carbocycles. The summed E-state index contributed by atoms with van der Waals surface area (Å²) in [5, 5.41) is 13.3. The number of phenols is 1. The summed E-state index contributed by atoms with van der Waals surface area (Å²) in [7, 11) is 1.89. The van der Waals surface area contributed by atoms with Crippen molar-refractivity contribution in [1.82, 2.24) is 10.3 Å². The number of nitrogens with zero attached hydrogens (tertiary/aromatic N) is 1. The fourth-order valence-electron chi connectivity index (χ4n) is 3.57. The van der Waals surface area contributed by atoms with Crippen LogP contribution in [0, 0.1) is 13.8 Å². The molecule has 7 heteroatoms. The molecule has 3 aromatic rings. The molecule has 1 amide bonds. The number of amides is 1. The summed E-state index contributed by atoms with van der Waals surface area (Å²) in [6.07, 6.45) is 2.52. The first-order valence-electron chi connectivity index (χ1n) is 10.1. The van der Waals surface area contributed by atoms with Crippen LogP contribution in [0.15, 0.2) is 42.6 Å². The number of phenolic OH excluding ortho intramolecular Hbond substituents is 1. The van der Waals surface area contributed by atoms with Crippen molar-refractivity contribution in [3.8, 4) is 33.9 Å². The van der Waals surface area contributed by atoms with E-state index in [0.29, 0.717) is 23.6 Å². The zero-order valence-electron chi connectivity index (χ0n) is 18.0. The van der Waals surface area contributed by atoms with Crippen LogP contribution in [-0.4, -0.2) is 36.2 Å². The number of ether oxygens (including phenoxy) is 1. The molecule has 0 atom stereocenters. The number of primary amides is 1. The molecule has 7 nitrogen and oxygen atoms in total. The number of nitrogens with two attached hydrogens (primary N) is 2. The average molecular weight is 421 g/mol. The Morgan fingerprint density at radius 1 is 1.16 bits per heavy atom. The number of aromatic nitrogens is 1. The largest absolute Gasteiger partial charge is 0.508 e. The fourth-order valence-corrected chi connectivity index (χ4v) is 3.57. The molecule has 0 bridgehead atoms. The highest BCUT2D eigenvalue weighted by atomic mass is 16.5. The van der Waals surface area contributed by atoms with Crippen LogP contribution >= 0.6 is 0 Å². The van der Waals surface area contributed by atoms with Crippen LogP contribution in [0.5, 0.6) is 11.6 Å². The molecule has 0 saturated carbocycles. The third kappa shape index (κ3) is 4.78. The number of nitrogen functional groups attached to an aromatic ring is 1. The third-order valence-electron chi connectivity index (χ3n) is 5.25. The summed E-state index contributed by atoms with van der Waals surface area (Å²) >= 11 is 0. The van der Waals surface area contributed by atoms with Crippen molar-refractivity contribution in [3.63, 3.8) is 0 Å². The van der Waals surface area contributed by atoms with E-state index in [4.69, 9.17) is 16.2 Å². The van der Waals surface area contributed by atoms with Gasteiger partial charge in [0.05, 0.1) is 17.9 Å². The van der Waals surface area contributed by atoms with E-state index in [1.807, 2.05) is 45.2 Å². The predicted octanol–water partition coefficient (Wildman–Crippen LogP) is 3.41. The molecule has 2 aromatic carbocycles. The Morgan fingerprint density at radius 2 is 1.94 bits per heavy atom. The second-order valence-electron chi connectivity index (χ2n) is 7.44. The number of nitrogens with one attached hydrogen (secondary N) is 1. The molecule has 0 aliphatic heterocycles. The van der Waals surface area contributed by atoms with Gasteiger partial charge in [0.2, 0.25) is 5.88 Å². The number of carbonyl (C=O) groups excluding carboxylic acids is 1. The van der Waals surface area contributed by atoms with Gasteiger partial charge in [-0.2, -0.15) is 0 Å². The lowest BCUT2D eigenvalue weighted by Crippen LogP contribution is -2.14. The van der Waals surface area contributed by atoms with Crippen LogP contribution in [0.4, 0.5) is 5.69 Å². The molecule has 1 aromatic heterocycles. The molecular weight excluding hydrogens is 392 g/mol. The van der Waals surface area contributed by atoms with Crippen LogP contribution in [0.3, 0.4) is 0 Å². The van der Waals surface area contributed by atoms with Crippen LogP contribution in [-0.2, 0) is 0 Å². The van der Waals surface area contributed by atoms with Crippen molar-refractivity contribution < 1.29 is 14.6 Å². The van der Waals surface area contributed by atoms with Crippen molar-refractivity contribution >= 4 is 11.6 Å². The number of aromatic hydroxyl groups is 1. The van der Waals surface area contributed by atoms with Gasteiger partial charge in [-0.3, -0.25) is 4.79 Å². The Kier molecular flexibility index (Phi) is 6.77. The minimum atomic E-state index is -0.617. The minimum absolute atomic E-state index is 0.159. The Morgan fingerprint density at radius 3 is 2.65 bits per heavy atom. The van der Waals surface area contributed by atoms with Crippen LogP contribution in [0.1, 0.15) is 27.9 Å². The van der Waals surface area contributed by atoms with Gasteiger partial charge in [0.25, 0.3) is 5.91 Å². The van der Waals surface area contributed by atoms with Crippen LogP contribution in [0.25, 0.3) is 22.3 Å². The molecule has 0 aliphatic rings. The van der Waals surface area contributed by atoms with Gasteiger partial charge in [0.1, 0.15) is 5.75 Å². The molecule has 162 valence electrons. The molecule has 3 rings (SSSR count). The number of rotatable bonds is 8. The topological polar surface area (TPSA) is 123 Å². The van der Waals surface area contributed by atoms with E-state index in [1.54, 1.807) is 18.3 Å². The van der Waals surface area contributed by atoms with E-state index < -0.39 is 5.91 Å². The highest BCUT2D eigenvalue weighted by Crippen LogP contribution is 2.40. The number of aryl methyl sites for hydroxylation is 1. The van der Waals surface area contributed by atoms with E-state index in [-0.39, 0.29) is 17.0 Å². The van der Waals surface area contributed by atoms with E-state index in [9.17, 15) is 9.90 Å². The van der Waals surface area contributed by atoms with Crippen molar-refractivity contribution in [2.75, 3.05) is 25.9 Å².